The number of nitrogens with two attached hydrogens (primary N) is 1. The maximum absolute atomic E-state index is 13.6. The minimum Gasteiger partial charge on any atom is -0.369 e. The second kappa shape index (κ2) is 5.24. The zero-order valence-corrected chi connectivity index (χ0v) is 12.0. The summed E-state index contributed by atoms with van der Waals surface area (Å²) in [5.74, 6) is 0.125. The molecule has 0 saturated carbocycles. The van der Waals surface area contributed by atoms with Crippen molar-refractivity contribution in [2.45, 2.75) is 13.5 Å². The molecule has 0 bridgehead atoms. The summed E-state index contributed by atoms with van der Waals surface area (Å²) in [6.07, 6.45) is 0. The van der Waals surface area contributed by atoms with Gasteiger partial charge in [0.15, 0.2) is 0 Å². The second-order valence-corrected chi connectivity index (χ2v) is 5.13. The van der Waals surface area contributed by atoms with Crippen molar-refractivity contribution in [3.8, 4) is 0 Å². The van der Waals surface area contributed by atoms with Crippen molar-refractivity contribution >= 4 is 32.9 Å². The summed E-state index contributed by atoms with van der Waals surface area (Å²) < 4.78 is 15.8. The Morgan fingerprint density at radius 3 is 2.89 bits per heavy atom. The van der Waals surface area contributed by atoms with E-state index in [1.165, 1.54) is 6.07 Å². The molecule has 1 heterocycles. The number of fused-ring (bicyclic) bond motifs is 1. The van der Waals surface area contributed by atoms with Crippen molar-refractivity contribution in [3.63, 3.8) is 0 Å². The topological polar surface area (TPSA) is 47.1 Å². The molecule has 2 N–H and O–H groups in total. The third-order valence-electron chi connectivity index (χ3n) is 3.06. The van der Waals surface area contributed by atoms with Crippen LogP contribution in [0.25, 0.3) is 11.0 Å². The molecule has 18 heavy (non-hydrogen) atoms. The molecule has 1 aromatic carbocycles. The molecule has 0 aliphatic heterocycles. The van der Waals surface area contributed by atoms with Crippen LogP contribution >= 0.6 is 15.9 Å². The number of halogens is 2. The largest absolute Gasteiger partial charge is 0.369 e. The van der Waals surface area contributed by atoms with Gasteiger partial charge in [0.05, 0.1) is 15.5 Å². The highest BCUT2D eigenvalue weighted by atomic mass is 79.9. The van der Waals surface area contributed by atoms with Crippen LogP contribution in [0.1, 0.15) is 6.92 Å². The minimum atomic E-state index is -0.299. The van der Waals surface area contributed by atoms with E-state index in [9.17, 15) is 4.39 Å². The van der Waals surface area contributed by atoms with Crippen molar-refractivity contribution < 1.29 is 4.39 Å². The highest BCUT2D eigenvalue weighted by Crippen LogP contribution is 2.24. The maximum atomic E-state index is 13.6. The number of likely N-dealkylation sites (N-methyl/N-ethyl adjacent to an activating group) is 1. The predicted octanol–water partition coefficient (Wildman–Crippen LogP) is 2.47. The predicted molar refractivity (Wildman–Crippen MR) is 75.0 cm³/mol. The van der Waals surface area contributed by atoms with Crippen LogP contribution < -0.4 is 5.73 Å². The van der Waals surface area contributed by atoms with Crippen LogP contribution in [0.15, 0.2) is 16.6 Å². The number of anilines is 1. The van der Waals surface area contributed by atoms with E-state index in [1.54, 1.807) is 6.07 Å². The molecule has 0 aliphatic rings. The lowest BCUT2D eigenvalue weighted by atomic mass is 10.3. The van der Waals surface area contributed by atoms with Gasteiger partial charge in [-0.15, -0.1) is 0 Å². The van der Waals surface area contributed by atoms with Gasteiger partial charge in [0.2, 0.25) is 5.95 Å². The molecule has 0 amide bonds. The molecule has 0 radical (unpaired) electrons. The highest BCUT2D eigenvalue weighted by Gasteiger charge is 2.11. The van der Waals surface area contributed by atoms with Gasteiger partial charge in [-0.1, -0.05) is 6.92 Å². The van der Waals surface area contributed by atoms with E-state index in [4.69, 9.17) is 5.73 Å². The van der Waals surface area contributed by atoms with Gasteiger partial charge in [-0.05, 0) is 35.6 Å². The Hall–Kier alpha value is -1.14. The van der Waals surface area contributed by atoms with Gasteiger partial charge in [0, 0.05) is 19.2 Å². The molecule has 2 rings (SSSR count). The first kappa shape index (κ1) is 13.3. The molecule has 0 spiro atoms. The molecule has 6 heteroatoms. The van der Waals surface area contributed by atoms with Crippen LogP contribution in [0.2, 0.25) is 0 Å². The first-order valence-electron chi connectivity index (χ1n) is 5.82. The lowest BCUT2D eigenvalue weighted by Gasteiger charge is -2.15. The number of hydrogen-bond donors (Lipinski definition) is 1. The van der Waals surface area contributed by atoms with Gasteiger partial charge in [0.25, 0.3) is 0 Å². The van der Waals surface area contributed by atoms with Gasteiger partial charge < -0.3 is 15.2 Å². The molecule has 4 nitrogen and oxygen atoms in total. The van der Waals surface area contributed by atoms with Crippen molar-refractivity contribution in [3.05, 3.63) is 22.4 Å². The van der Waals surface area contributed by atoms with E-state index in [-0.39, 0.29) is 5.82 Å². The zero-order valence-electron chi connectivity index (χ0n) is 10.5. The number of rotatable bonds is 4. The third kappa shape index (κ3) is 2.49. The molecule has 0 saturated heterocycles. The second-order valence-electron chi connectivity index (χ2n) is 4.27. The normalized spacial score (nSPS) is 11.6. The first-order chi connectivity index (χ1) is 8.52. The summed E-state index contributed by atoms with van der Waals surface area (Å²) in [6, 6.07) is 3.12. The van der Waals surface area contributed by atoms with E-state index in [2.05, 4.69) is 32.7 Å². The average Bonchev–Trinajstić information content (AvgIpc) is 2.62. The first-order valence-corrected chi connectivity index (χ1v) is 6.61. The van der Waals surface area contributed by atoms with Crippen LogP contribution in [0, 0.1) is 5.82 Å². The monoisotopic (exact) mass is 314 g/mol. The Morgan fingerprint density at radius 2 is 2.22 bits per heavy atom. The molecular weight excluding hydrogens is 299 g/mol. The van der Waals surface area contributed by atoms with E-state index in [0.717, 1.165) is 18.6 Å². The smallest absolute Gasteiger partial charge is 0.201 e. The van der Waals surface area contributed by atoms with Crippen LogP contribution in [-0.4, -0.2) is 34.6 Å². The van der Waals surface area contributed by atoms with Crippen molar-refractivity contribution in [2.75, 3.05) is 25.9 Å². The van der Waals surface area contributed by atoms with Gasteiger partial charge in [-0.3, -0.25) is 0 Å². The summed E-state index contributed by atoms with van der Waals surface area (Å²) >= 11 is 3.15. The molecule has 98 valence electrons. The van der Waals surface area contributed by atoms with Crippen LogP contribution in [0.4, 0.5) is 10.3 Å². The standard InChI is InChI=1S/C12H16BrFN4/c1-3-17(2)4-5-18-11-7-9(14)8(13)6-10(11)16-12(18)15/h6-7H,3-5H2,1-2H3,(H2,15,16). The number of nitrogen functional groups attached to an aromatic ring is 1. The molecule has 2 aromatic rings. The molecule has 0 aliphatic carbocycles. The number of aromatic nitrogens is 2. The minimum absolute atomic E-state index is 0.299. The Kier molecular flexibility index (Phi) is 3.87. The molecule has 1 aromatic heterocycles. The summed E-state index contributed by atoms with van der Waals surface area (Å²) in [5, 5.41) is 0. The lowest BCUT2D eigenvalue weighted by Crippen LogP contribution is -2.23. The van der Waals surface area contributed by atoms with Crippen molar-refractivity contribution in [2.24, 2.45) is 0 Å². The van der Waals surface area contributed by atoms with E-state index < -0.39 is 0 Å². The third-order valence-corrected chi connectivity index (χ3v) is 3.67. The number of benzene rings is 1. The summed E-state index contributed by atoms with van der Waals surface area (Å²) in [5.41, 5.74) is 7.32. The lowest BCUT2D eigenvalue weighted by molar-refractivity contribution is 0.338. The fourth-order valence-corrected chi connectivity index (χ4v) is 2.13. The van der Waals surface area contributed by atoms with E-state index >= 15 is 0 Å². The fraction of sp³-hybridized carbons (Fsp3) is 0.417. The highest BCUT2D eigenvalue weighted by molar-refractivity contribution is 9.10. The van der Waals surface area contributed by atoms with Gasteiger partial charge in [-0.25, -0.2) is 9.37 Å². The van der Waals surface area contributed by atoms with Gasteiger partial charge >= 0.3 is 0 Å². The van der Waals surface area contributed by atoms with Gasteiger partial charge in [0.1, 0.15) is 5.82 Å². The number of imidazole rings is 1. The summed E-state index contributed by atoms with van der Waals surface area (Å²) in [7, 11) is 2.03. The summed E-state index contributed by atoms with van der Waals surface area (Å²) in [4.78, 5) is 6.41. The quantitative estimate of drug-likeness (QED) is 0.943. The SMILES string of the molecule is CCN(C)CCn1c(N)nc2cc(Br)c(F)cc21. The molecular formula is C12H16BrFN4. The maximum Gasteiger partial charge on any atom is 0.201 e. The van der Waals surface area contributed by atoms with Crippen LogP contribution in [0.5, 0.6) is 0 Å². The van der Waals surface area contributed by atoms with Crippen molar-refractivity contribution in [1.82, 2.24) is 14.5 Å². The average molecular weight is 315 g/mol. The number of nitrogens with zero attached hydrogens (tertiary/aromatic N) is 3. The fourth-order valence-electron chi connectivity index (χ4n) is 1.80. The Labute approximate surface area is 114 Å². The Bertz CT molecular complexity index is 567. The molecule has 0 fully saturated rings. The van der Waals surface area contributed by atoms with Crippen LogP contribution in [-0.2, 0) is 6.54 Å². The van der Waals surface area contributed by atoms with E-state index in [1.807, 2.05) is 11.6 Å². The van der Waals surface area contributed by atoms with Gasteiger partial charge in [-0.2, -0.15) is 0 Å². The molecule has 0 unspecified atom stereocenters. The Balaban J connectivity index is 2.37. The van der Waals surface area contributed by atoms with E-state index in [0.29, 0.717) is 22.5 Å². The summed E-state index contributed by atoms with van der Waals surface area (Å²) in [6.45, 7) is 4.61. The number of hydrogen-bond acceptors (Lipinski definition) is 3. The van der Waals surface area contributed by atoms with Crippen molar-refractivity contribution in [1.29, 1.82) is 0 Å². The van der Waals surface area contributed by atoms with Crippen LogP contribution in [0.3, 0.4) is 0 Å². The Morgan fingerprint density at radius 1 is 1.50 bits per heavy atom. The molecule has 0 atom stereocenters. The zero-order chi connectivity index (χ0) is 13.3.